The fourth-order valence-corrected chi connectivity index (χ4v) is 2.98. The number of hydrogen-bond donors (Lipinski definition) is 6. The molecule has 0 bridgehead atoms. The second-order valence-electron chi connectivity index (χ2n) is 6.03. The maximum Gasteiger partial charge on any atom is 0.326 e. The van der Waals surface area contributed by atoms with Crippen LogP contribution in [0.15, 0.2) is 0 Å². The SMILES string of the molecule is NCC(=O)NC(CS)C(=O)N1CCCC1C(=O)NC(CCC(=O)O)C(=O)O. The molecule has 1 aliphatic heterocycles. The summed E-state index contributed by atoms with van der Waals surface area (Å²) in [6.45, 7) is -0.0299. The average Bonchev–Trinajstić information content (AvgIpc) is 3.11. The molecule has 12 heteroatoms. The summed E-state index contributed by atoms with van der Waals surface area (Å²) in [6, 6.07) is -3.23. The molecular formula is C15H24N4O7S. The van der Waals surface area contributed by atoms with Gasteiger partial charge in [-0.2, -0.15) is 12.6 Å². The quantitative estimate of drug-likeness (QED) is 0.222. The summed E-state index contributed by atoms with van der Waals surface area (Å²) in [5, 5.41) is 22.5. The molecule has 0 aromatic rings. The Bertz CT molecular complexity index is 601. The number of amides is 3. The lowest BCUT2D eigenvalue weighted by atomic mass is 10.1. The van der Waals surface area contributed by atoms with Gasteiger partial charge in [0.2, 0.25) is 17.7 Å². The van der Waals surface area contributed by atoms with Crippen LogP contribution in [0.1, 0.15) is 25.7 Å². The van der Waals surface area contributed by atoms with Crippen LogP contribution < -0.4 is 16.4 Å². The van der Waals surface area contributed by atoms with Gasteiger partial charge in [-0.15, -0.1) is 0 Å². The van der Waals surface area contributed by atoms with E-state index >= 15 is 0 Å². The molecule has 0 aliphatic carbocycles. The molecule has 152 valence electrons. The van der Waals surface area contributed by atoms with Crippen molar-refractivity contribution in [2.75, 3.05) is 18.8 Å². The molecule has 3 atom stereocenters. The van der Waals surface area contributed by atoms with Crippen molar-refractivity contribution in [3.8, 4) is 0 Å². The first-order valence-corrected chi connectivity index (χ1v) is 9.00. The number of nitrogens with two attached hydrogens (primary N) is 1. The van der Waals surface area contributed by atoms with Gasteiger partial charge in [0, 0.05) is 18.7 Å². The Hall–Kier alpha value is -2.34. The van der Waals surface area contributed by atoms with Gasteiger partial charge in [-0.05, 0) is 19.3 Å². The summed E-state index contributed by atoms with van der Waals surface area (Å²) >= 11 is 4.03. The molecule has 1 aliphatic rings. The zero-order valence-corrected chi connectivity index (χ0v) is 15.5. The summed E-state index contributed by atoms with van der Waals surface area (Å²) in [4.78, 5) is 59.6. The van der Waals surface area contributed by atoms with E-state index in [4.69, 9.17) is 15.9 Å². The van der Waals surface area contributed by atoms with Crippen LogP contribution in [-0.2, 0) is 24.0 Å². The van der Waals surface area contributed by atoms with Crippen LogP contribution in [0.3, 0.4) is 0 Å². The fraction of sp³-hybridized carbons (Fsp3) is 0.667. The van der Waals surface area contributed by atoms with Crippen LogP contribution in [0.5, 0.6) is 0 Å². The second-order valence-corrected chi connectivity index (χ2v) is 6.39. The summed E-state index contributed by atoms with van der Waals surface area (Å²) in [6.07, 6.45) is 0.161. The van der Waals surface area contributed by atoms with Crippen molar-refractivity contribution in [3.05, 3.63) is 0 Å². The molecule has 6 N–H and O–H groups in total. The topological polar surface area (TPSA) is 179 Å². The zero-order chi connectivity index (χ0) is 20.6. The van der Waals surface area contributed by atoms with Crippen LogP contribution in [0.4, 0.5) is 0 Å². The first kappa shape index (κ1) is 22.7. The minimum Gasteiger partial charge on any atom is -0.481 e. The number of carboxylic acids is 2. The summed E-state index contributed by atoms with van der Waals surface area (Å²) in [7, 11) is 0. The Morgan fingerprint density at radius 2 is 1.81 bits per heavy atom. The fourth-order valence-electron chi connectivity index (χ4n) is 2.74. The van der Waals surface area contributed by atoms with Crippen molar-refractivity contribution in [3.63, 3.8) is 0 Å². The summed E-state index contributed by atoms with van der Waals surface area (Å²) in [5.74, 6) is -4.26. The number of nitrogens with zero attached hydrogens (tertiary/aromatic N) is 1. The van der Waals surface area contributed by atoms with E-state index in [0.717, 1.165) is 0 Å². The number of carboxylic acid groups (broad SMARTS) is 2. The Morgan fingerprint density at radius 3 is 2.33 bits per heavy atom. The third-order valence-electron chi connectivity index (χ3n) is 4.10. The highest BCUT2D eigenvalue weighted by molar-refractivity contribution is 7.80. The molecule has 1 rings (SSSR count). The minimum absolute atomic E-state index is 0.00573. The van der Waals surface area contributed by atoms with Gasteiger partial charge >= 0.3 is 11.9 Å². The van der Waals surface area contributed by atoms with E-state index < -0.39 is 54.2 Å². The highest BCUT2D eigenvalue weighted by atomic mass is 32.1. The molecule has 0 spiro atoms. The number of thiol groups is 1. The van der Waals surface area contributed by atoms with Gasteiger partial charge in [-0.25, -0.2) is 4.79 Å². The number of hydrogen-bond acceptors (Lipinski definition) is 7. The number of rotatable bonds is 10. The lowest BCUT2D eigenvalue weighted by Gasteiger charge is -2.28. The molecule has 0 radical (unpaired) electrons. The highest BCUT2D eigenvalue weighted by Gasteiger charge is 2.38. The van der Waals surface area contributed by atoms with Crippen molar-refractivity contribution in [1.29, 1.82) is 0 Å². The second kappa shape index (κ2) is 10.7. The molecule has 1 saturated heterocycles. The molecule has 3 amide bonds. The molecule has 0 aromatic heterocycles. The van der Waals surface area contributed by atoms with Gasteiger partial charge in [-0.3, -0.25) is 19.2 Å². The van der Waals surface area contributed by atoms with E-state index in [1.54, 1.807) is 0 Å². The molecular weight excluding hydrogens is 380 g/mol. The lowest BCUT2D eigenvalue weighted by Crippen LogP contribution is -2.56. The van der Waals surface area contributed by atoms with Crippen LogP contribution in [-0.4, -0.2) is 81.7 Å². The van der Waals surface area contributed by atoms with Gasteiger partial charge in [0.05, 0.1) is 6.54 Å². The van der Waals surface area contributed by atoms with E-state index in [1.165, 1.54) is 4.90 Å². The van der Waals surface area contributed by atoms with E-state index in [2.05, 4.69) is 23.3 Å². The first-order chi connectivity index (χ1) is 12.7. The van der Waals surface area contributed by atoms with E-state index in [9.17, 15) is 24.0 Å². The Kier molecular flexibility index (Phi) is 9.02. The standard InChI is InChI=1S/C15H24N4O7S/c16-6-11(20)17-9(7-27)14(24)19-5-1-2-10(19)13(23)18-8(15(25)26)3-4-12(21)22/h8-10,27H,1-7,16H2,(H,17,20)(H,18,23)(H,21,22)(H,25,26). The van der Waals surface area contributed by atoms with Gasteiger partial charge in [-0.1, -0.05) is 0 Å². The third-order valence-corrected chi connectivity index (χ3v) is 4.47. The largest absolute Gasteiger partial charge is 0.481 e. The monoisotopic (exact) mass is 404 g/mol. The Balaban J connectivity index is 2.80. The molecule has 1 fully saturated rings. The Morgan fingerprint density at radius 1 is 1.15 bits per heavy atom. The molecule has 1 heterocycles. The van der Waals surface area contributed by atoms with Crippen molar-refractivity contribution >= 4 is 42.3 Å². The Labute approximate surface area is 161 Å². The minimum atomic E-state index is -1.37. The van der Waals surface area contributed by atoms with Gasteiger partial charge in [0.25, 0.3) is 0 Å². The third kappa shape index (κ3) is 6.71. The number of carbonyl (C=O) groups is 5. The smallest absolute Gasteiger partial charge is 0.326 e. The zero-order valence-electron chi connectivity index (χ0n) is 14.6. The molecule has 11 nitrogen and oxygen atoms in total. The number of nitrogens with one attached hydrogen (secondary N) is 2. The maximum absolute atomic E-state index is 12.6. The number of aliphatic carboxylic acids is 2. The molecule has 0 saturated carbocycles. The van der Waals surface area contributed by atoms with Crippen molar-refractivity contribution in [1.82, 2.24) is 15.5 Å². The molecule has 0 aromatic carbocycles. The van der Waals surface area contributed by atoms with Crippen molar-refractivity contribution in [2.45, 2.75) is 43.8 Å². The number of carbonyl (C=O) groups excluding carboxylic acids is 3. The first-order valence-electron chi connectivity index (χ1n) is 8.37. The van der Waals surface area contributed by atoms with Crippen molar-refractivity contribution in [2.24, 2.45) is 5.73 Å². The van der Waals surface area contributed by atoms with Gasteiger partial charge in [0.1, 0.15) is 18.1 Å². The van der Waals surface area contributed by atoms with Crippen LogP contribution in [0.2, 0.25) is 0 Å². The van der Waals surface area contributed by atoms with E-state index in [-0.39, 0.29) is 25.3 Å². The van der Waals surface area contributed by atoms with E-state index in [1.807, 2.05) is 0 Å². The maximum atomic E-state index is 12.6. The molecule has 27 heavy (non-hydrogen) atoms. The number of likely N-dealkylation sites (tertiary alicyclic amines) is 1. The van der Waals surface area contributed by atoms with Gasteiger partial charge < -0.3 is 31.5 Å². The highest BCUT2D eigenvalue weighted by Crippen LogP contribution is 2.19. The van der Waals surface area contributed by atoms with Crippen LogP contribution in [0, 0.1) is 0 Å². The van der Waals surface area contributed by atoms with Crippen LogP contribution in [0.25, 0.3) is 0 Å². The average molecular weight is 404 g/mol. The van der Waals surface area contributed by atoms with Crippen molar-refractivity contribution < 1.29 is 34.2 Å². The van der Waals surface area contributed by atoms with Crippen LogP contribution >= 0.6 is 12.6 Å². The predicted octanol–water partition coefficient (Wildman–Crippen LogP) is -2.22. The van der Waals surface area contributed by atoms with E-state index in [0.29, 0.717) is 12.8 Å². The summed E-state index contributed by atoms with van der Waals surface area (Å²) in [5.41, 5.74) is 5.21. The van der Waals surface area contributed by atoms with Gasteiger partial charge in [0.15, 0.2) is 0 Å². The molecule has 3 unspecified atom stereocenters. The lowest BCUT2D eigenvalue weighted by molar-refractivity contribution is -0.145. The normalized spacial score (nSPS) is 18.4. The predicted molar refractivity (Wildman–Crippen MR) is 96.0 cm³/mol. The summed E-state index contributed by atoms with van der Waals surface area (Å²) < 4.78 is 0.